The second-order valence-electron chi connectivity index (χ2n) is 4.67. The molecule has 22 heavy (non-hydrogen) atoms. The fourth-order valence-electron chi connectivity index (χ4n) is 2.00. The van der Waals surface area contributed by atoms with E-state index in [1.54, 1.807) is 6.92 Å². The van der Waals surface area contributed by atoms with Gasteiger partial charge in [-0.15, -0.1) is 0 Å². The molecule has 0 amide bonds. The predicted octanol–water partition coefficient (Wildman–Crippen LogP) is 4.44. The molecule has 0 unspecified atom stereocenters. The number of carbonyl (C=O) groups is 2. The van der Waals surface area contributed by atoms with Gasteiger partial charge in [0.1, 0.15) is 5.75 Å². The Morgan fingerprint density at radius 3 is 2.18 bits per heavy atom. The number of carbonyl (C=O) groups excluding carboxylic acids is 2. The summed E-state index contributed by atoms with van der Waals surface area (Å²) in [5, 5.41) is 2.34. The van der Waals surface area contributed by atoms with Crippen molar-refractivity contribution >= 4 is 28.4 Å². The summed E-state index contributed by atoms with van der Waals surface area (Å²) in [5.74, 6) is 0.307. The van der Waals surface area contributed by atoms with Crippen molar-refractivity contribution in [1.29, 1.82) is 0 Å². The van der Waals surface area contributed by atoms with Crippen LogP contribution in [0.5, 0.6) is 5.75 Å². The van der Waals surface area contributed by atoms with Crippen molar-refractivity contribution in [1.82, 2.24) is 0 Å². The highest BCUT2D eigenvalue weighted by atomic mass is 16.5. The summed E-state index contributed by atoms with van der Waals surface area (Å²) in [5.41, 5.74) is 1.15. The maximum atomic E-state index is 10.2. The highest BCUT2D eigenvalue weighted by Gasteiger charge is 2.03. The molecular weight excluding hydrogens is 276 g/mol. The first-order valence-corrected chi connectivity index (χ1v) is 7.35. The molecule has 0 aliphatic heterocycles. The molecule has 0 aliphatic rings. The fraction of sp³-hybridized carbons (Fsp3) is 0.263. The lowest BCUT2D eigenvalue weighted by atomic mass is 10.0. The molecule has 0 saturated heterocycles. The zero-order chi connectivity index (χ0) is 16.5. The van der Waals surface area contributed by atoms with Gasteiger partial charge in [-0.2, -0.15) is 0 Å². The van der Waals surface area contributed by atoms with Gasteiger partial charge >= 0.3 is 0 Å². The molecule has 0 radical (unpaired) electrons. The van der Waals surface area contributed by atoms with Gasteiger partial charge in [0.05, 0.1) is 6.61 Å². The molecular formula is C19H22O3. The number of Topliss-reactive ketones (excluding diaryl/α,β-unsaturated/α-hetero) is 2. The lowest BCUT2D eigenvalue weighted by Gasteiger charge is -2.09. The molecule has 0 heterocycles. The van der Waals surface area contributed by atoms with Crippen LogP contribution in [0.4, 0.5) is 0 Å². The standard InChI is InChI=1S/C14H14O.C5H8O2/c1-3-11-9-10-14(15-4-2)13-8-6-5-7-12(11)13;1-3-5(7)4(2)6/h3,5-10H,1,4H2,2H3;3H2,1-2H3. The van der Waals surface area contributed by atoms with Gasteiger partial charge in [0, 0.05) is 18.7 Å². The molecule has 0 fully saturated rings. The van der Waals surface area contributed by atoms with E-state index < -0.39 is 0 Å². The minimum atomic E-state index is -0.345. The van der Waals surface area contributed by atoms with Gasteiger partial charge in [-0.1, -0.05) is 49.9 Å². The predicted molar refractivity (Wildman–Crippen MR) is 91.2 cm³/mol. The lowest BCUT2D eigenvalue weighted by molar-refractivity contribution is -0.135. The minimum absolute atomic E-state index is 0.292. The minimum Gasteiger partial charge on any atom is -0.493 e. The van der Waals surface area contributed by atoms with Crippen LogP contribution >= 0.6 is 0 Å². The third-order valence-corrected chi connectivity index (χ3v) is 3.15. The van der Waals surface area contributed by atoms with E-state index in [9.17, 15) is 9.59 Å². The first kappa shape index (κ1) is 17.6. The Bertz CT molecular complexity index is 671. The van der Waals surface area contributed by atoms with Crippen molar-refractivity contribution in [2.24, 2.45) is 0 Å². The van der Waals surface area contributed by atoms with Crippen LogP contribution in [0.25, 0.3) is 16.8 Å². The van der Waals surface area contributed by atoms with Crippen LogP contribution < -0.4 is 4.74 Å². The van der Waals surface area contributed by atoms with Gasteiger partial charge in [-0.05, 0) is 23.9 Å². The highest BCUT2D eigenvalue weighted by Crippen LogP contribution is 2.28. The Hall–Kier alpha value is -2.42. The van der Waals surface area contributed by atoms with E-state index in [-0.39, 0.29) is 11.6 Å². The summed E-state index contributed by atoms with van der Waals surface area (Å²) < 4.78 is 5.58. The fourth-order valence-corrected chi connectivity index (χ4v) is 2.00. The van der Waals surface area contributed by atoms with Crippen molar-refractivity contribution in [3.8, 4) is 5.75 Å². The Morgan fingerprint density at radius 2 is 1.73 bits per heavy atom. The number of hydrogen-bond acceptors (Lipinski definition) is 3. The van der Waals surface area contributed by atoms with Crippen molar-refractivity contribution < 1.29 is 14.3 Å². The average molecular weight is 298 g/mol. The quantitative estimate of drug-likeness (QED) is 0.767. The molecule has 0 N–H and O–H groups in total. The van der Waals surface area contributed by atoms with Crippen molar-refractivity contribution in [2.45, 2.75) is 27.2 Å². The lowest BCUT2D eigenvalue weighted by Crippen LogP contribution is -2.06. The zero-order valence-corrected chi connectivity index (χ0v) is 13.4. The van der Waals surface area contributed by atoms with Gasteiger partial charge in [-0.25, -0.2) is 0 Å². The monoisotopic (exact) mass is 298 g/mol. The Morgan fingerprint density at radius 1 is 1.09 bits per heavy atom. The van der Waals surface area contributed by atoms with E-state index >= 15 is 0 Å². The molecule has 2 rings (SSSR count). The number of rotatable bonds is 5. The van der Waals surface area contributed by atoms with Crippen LogP contribution in [0, 0.1) is 0 Å². The molecule has 2 aromatic carbocycles. The molecule has 0 spiro atoms. The second-order valence-corrected chi connectivity index (χ2v) is 4.67. The first-order valence-electron chi connectivity index (χ1n) is 7.35. The third-order valence-electron chi connectivity index (χ3n) is 3.15. The van der Waals surface area contributed by atoms with Gasteiger partial charge in [-0.3, -0.25) is 9.59 Å². The van der Waals surface area contributed by atoms with E-state index in [1.807, 2.05) is 37.3 Å². The molecule has 0 aromatic heterocycles. The van der Waals surface area contributed by atoms with Crippen LogP contribution in [0.3, 0.4) is 0 Å². The normalized spacial score (nSPS) is 9.59. The Kier molecular flexibility index (Phi) is 7.03. The molecule has 3 heteroatoms. The van der Waals surface area contributed by atoms with E-state index in [0.717, 1.165) is 16.7 Å². The van der Waals surface area contributed by atoms with E-state index in [1.165, 1.54) is 12.3 Å². The number of hydrogen-bond donors (Lipinski definition) is 0. The zero-order valence-electron chi connectivity index (χ0n) is 13.4. The van der Waals surface area contributed by atoms with Gasteiger partial charge in [0.25, 0.3) is 0 Å². The topological polar surface area (TPSA) is 43.4 Å². The summed E-state index contributed by atoms with van der Waals surface area (Å²) >= 11 is 0. The van der Waals surface area contributed by atoms with Gasteiger partial charge < -0.3 is 4.74 Å². The van der Waals surface area contributed by atoms with Crippen LogP contribution in [0.15, 0.2) is 43.0 Å². The molecule has 3 nitrogen and oxygen atoms in total. The second kappa shape index (κ2) is 8.78. The highest BCUT2D eigenvalue weighted by molar-refractivity contribution is 6.36. The van der Waals surface area contributed by atoms with Crippen LogP contribution in [0.1, 0.15) is 32.8 Å². The summed E-state index contributed by atoms with van der Waals surface area (Å²) in [4.78, 5) is 20.2. The van der Waals surface area contributed by atoms with E-state index in [2.05, 4.69) is 18.7 Å². The summed E-state index contributed by atoms with van der Waals surface area (Å²) in [6, 6.07) is 12.3. The first-order chi connectivity index (χ1) is 10.5. The van der Waals surface area contributed by atoms with E-state index in [4.69, 9.17) is 4.74 Å². The average Bonchev–Trinajstić information content (AvgIpc) is 2.55. The SMILES string of the molecule is C=Cc1ccc(OCC)c2ccccc12.CCC(=O)C(C)=O. The molecule has 2 aromatic rings. The molecule has 0 aliphatic carbocycles. The number of fused-ring (bicyclic) bond motifs is 1. The summed E-state index contributed by atoms with van der Waals surface area (Å²) in [6.07, 6.45) is 2.20. The molecule has 0 saturated carbocycles. The Labute approximate surface area is 131 Å². The summed E-state index contributed by atoms with van der Waals surface area (Å²) in [6.45, 7) is 9.46. The van der Waals surface area contributed by atoms with Crippen molar-refractivity contribution in [2.75, 3.05) is 6.61 Å². The van der Waals surface area contributed by atoms with Crippen molar-refractivity contribution in [3.05, 3.63) is 48.5 Å². The Balaban J connectivity index is 0.000000295. The number of benzene rings is 2. The van der Waals surface area contributed by atoms with Gasteiger partial charge in [0.15, 0.2) is 11.6 Å². The van der Waals surface area contributed by atoms with Crippen LogP contribution in [0.2, 0.25) is 0 Å². The molecule has 116 valence electrons. The summed E-state index contributed by atoms with van der Waals surface area (Å²) in [7, 11) is 0. The largest absolute Gasteiger partial charge is 0.493 e. The van der Waals surface area contributed by atoms with E-state index in [0.29, 0.717) is 13.0 Å². The smallest absolute Gasteiger partial charge is 0.197 e. The molecule has 0 bridgehead atoms. The third kappa shape index (κ3) is 4.55. The van der Waals surface area contributed by atoms with Crippen molar-refractivity contribution in [3.63, 3.8) is 0 Å². The number of ether oxygens (including phenoxy) is 1. The van der Waals surface area contributed by atoms with Gasteiger partial charge in [0.2, 0.25) is 0 Å². The molecule has 0 atom stereocenters. The number of ketones is 2. The maximum absolute atomic E-state index is 10.2. The van der Waals surface area contributed by atoms with Crippen LogP contribution in [-0.2, 0) is 9.59 Å². The van der Waals surface area contributed by atoms with Crippen LogP contribution in [-0.4, -0.2) is 18.2 Å². The maximum Gasteiger partial charge on any atom is 0.197 e.